The molecular formula is C25H29N3O2. The molecule has 2 aromatic carbocycles. The lowest BCUT2D eigenvalue weighted by molar-refractivity contribution is 0.405. The SMILES string of the molecule is CC[C@H](C)c1ccc([C@H](NCc2nc3c(oc4ccccc43)c(=O)[nH]2)C(C)C)cc1. The van der Waals surface area contributed by atoms with Crippen LogP contribution < -0.4 is 10.9 Å². The number of hydrogen-bond acceptors (Lipinski definition) is 4. The standard InChI is InChI=1S/C25H29N3O2/c1-5-16(4)17-10-12-18(13-11-17)22(15(2)3)26-14-21-27-23-19-8-6-7-9-20(19)30-24(23)25(29)28-21/h6-13,15-16,22,26H,5,14H2,1-4H3,(H,27,28,29)/t16-,22+/m0/s1. The second kappa shape index (κ2) is 8.44. The summed E-state index contributed by atoms with van der Waals surface area (Å²) in [5.41, 5.74) is 3.94. The first-order valence-corrected chi connectivity index (χ1v) is 10.7. The first-order valence-electron chi connectivity index (χ1n) is 10.7. The van der Waals surface area contributed by atoms with Crippen LogP contribution in [-0.2, 0) is 6.54 Å². The van der Waals surface area contributed by atoms with Gasteiger partial charge in [-0.1, -0.05) is 64.1 Å². The Labute approximate surface area is 176 Å². The van der Waals surface area contributed by atoms with Gasteiger partial charge in [-0.2, -0.15) is 0 Å². The Kier molecular flexibility index (Phi) is 5.73. The first kappa shape index (κ1) is 20.4. The minimum atomic E-state index is -0.244. The van der Waals surface area contributed by atoms with Crippen molar-refractivity contribution in [3.63, 3.8) is 0 Å². The highest BCUT2D eigenvalue weighted by molar-refractivity contribution is 6.01. The number of para-hydroxylation sites is 1. The Bertz CT molecular complexity index is 1200. The van der Waals surface area contributed by atoms with E-state index in [1.54, 1.807) is 0 Å². The maximum Gasteiger partial charge on any atom is 0.294 e. The molecule has 4 aromatic rings. The number of aromatic amines is 1. The molecule has 0 radical (unpaired) electrons. The van der Waals surface area contributed by atoms with Crippen molar-refractivity contribution in [2.45, 2.75) is 52.6 Å². The minimum Gasteiger partial charge on any atom is -0.449 e. The molecule has 2 atom stereocenters. The second-order valence-corrected chi connectivity index (χ2v) is 8.37. The number of fused-ring (bicyclic) bond motifs is 3. The Balaban J connectivity index is 1.59. The normalized spacial score (nSPS) is 13.9. The molecule has 30 heavy (non-hydrogen) atoms. The molecule has 0 amide bonds. The van der Waals surface area contributed by atoms with Crippen LogP contribution in [-0.4, -0.2) is 9.97 Å². The topological polar surface area (TPSA) is 70.9 Å². The van der Waals surface area contributed by atoms with Crippen LogP contribution in [0.1, 0.15) is 63.0 Å². The summed E-state index contributed by atoms with van der Waals surface area (Å²) in [5.74, 6) is 1.57. The zero-order chi connectivity index (χ0) is 21.3. The first-order chi connectivity index (χ1) is 14.5. The van der Waals surface area contributed by atoms with E-state index in [0.29, 0.717) is 35.3 Å². The van der Waals surface area contributed by atoms with Gasteiger partial charge in [0.2, 0.25) is 5.58 Å². The summed E-state index contributed by atoms with van der Waals surface area (Å²) < 4.78 is 5.68. The summed E-state index contributed by atoms with van der Waals surface area (Å²) in [7, 11) is 0. The van der Waals surface area contributed by atoms with Crippen molar-refractivity contribution in [2.75, 3.05) is 0 Å². The third kappa shape index (κ3) is 3.90. The molecule has 0 saturated carbocycles. The Morgan fingerprint density at radius 3 is 2.43 bits per heavy atom. The van der Waals surface area contributed by atoms with Crippen molar-refractivity contribution in [1.29, 1.82) is 0 Å². The zero-order valence-corrected chi connectivity index (χ0v) is 18.0. The number of furan rings is 1. The van der Waals surface area contributed by atoms with Gasteiger partial charge in [-0.3, -0.25) is 4.79 Å². The molecule has 5 heteroatoms. The molecular weight excluding hydrogens is 374 g/mol. The fraction of sp³-hybridized carbons (Fsp3) is 0.360. The number of benzene rings is 2. The monoisotopic (exact) mass is 403 g/mol. The molecule has 0 aliphatic rings. The number of rotatable bonds is 7. The van der Waals surface area contributed by atoms with Crippen molar-refractivity contribution >= 4 is 22.1 Å². The third-order valence-corrected chi connectivity index (χ3v) is 5.91. The third-order valence-electron chi connectivity index (χ3n) is 5.91. The molecule has 0 spiro atoms. The predicted molar refractivity (Wildman–Crippen MR) is 122 cm³/mol. The van der Waals surface area contributed by atoms with Crippen LogP contribution in [0.15, 0.2) is 57.7 Å². The molecule has 5 nitrogen and oxygen atoms in total. The van der Waals surface area contributed by atoms with Gasteiger partial charge in [0.25, 0.3) is 5.56 Å². The van der Waals surface area contributed by atoms with Gasteiger partial charge in [-0.15, -0.1) is 0 Å². The van der Waals surface area contributed by atoms with E-state index in [9.17, 15) is 4.79 Å². The Morgan fingerprint density at radius 2 is 1.73 bits per heavy atom. The molecule has 0 fully saturated rings. The fourth-order valence-corrected chi connectivity index (χ4v) is 3.94. The van der Waals surface area contributed by atoms with Gasteiger partial charge < -0.3 is 14.7 Å². The van der Waals surface area contributed by atoms with Gasteiger partial charge in [0, 0.05) is 11.4 Å². The lowest BCUT2D eigenvalue weighted by Gasteiger charge is -2.23. The van der Waals surface area contributed by atoms with E-state index in [1.807, 2.05) is 24.3 Å². The van der Waals surface area contributed by atoms with Crippen molar-refractivity contribution in [2.24, 2.45) is 5.92 Å². The molecule has 2 N–H and O–H groups in total. The van der Waals surface area contributed by atoms with E-state index in [1.165, 1.54) is 11.1 Å². The highest BCUT2D eigenvalue weighted by atomic mass is 16.3. The molecule has 0 aliphatic heterocycles. The smallest absolute Gasteiger partial charge is 0.294 e. The average Bonchev–Trinajstić information content (AvgIpc) is 3.13. The van der Waals surface area contributed by atoms with E-state index < -0.39 is 0 Å². The maximum atomic E-state index is 12.5. The van der Waals surface area contributed by atoms with Crippen molar-refractivity contribution in [3.8, 4) is 0 Å². The van der Waals surface area contributed by atoms with Crippen molar-refractivity contribution in [1.82, 2.24) is 15.3 Å². The van der Waals surface area contributed by atoms with Crippen LogP contribution in [0.2, 0.25) is 0 Å². The summed E-state index contributed by atoms with van der Waals surface area (Å²) in [6.45, 7) is 9.34. The van der Waals surface area contributed by atoms with E-state index in [-0.39, 0.29) is 17.2 Å². The average molecular weight is 404 g/mol. The molecule has 0 saturated heterocycles. The van der Waals surface area contributed by atoms with Crippen molar-refractivity contribution in [3.05, 3.63) is 75.8 Å². The molecule has 2 heterocycles. The lowest BCUT2D eigenvalue weighted by Crippen LogP contribution is -2.27. The highest BCUT2D eigenvalue weighted by Crippen LogP contribution is 2.26. The Hall–Kier alpha value is -2.92. The number of H-pyrrole nitrogens is 1. The summed E-state index contributed by atoms with van der Waals surface area (Å²) in [5, 5.41) is 4.45. The van der Waals surface area contributed by atoms with Gasteiger partial charge in [0.05, 0.1) is 6.54 Å². The molecule has 0 bridgehead atoms. The molecule has 0 unspecified atom stereocenters. The molecule has 0 aliphatic carbocycles. The van der Waals surface area contributed by atoms with E-state index >= 15 is 0 Å². The minimum absolute atomic E-state index is 0.165. The van der Waals surface area contributed by atoms with Gasteiger partial charge in [-0.05, 0) is 41.5 Å². The molecule has 2 aromatic heterocycles. The summed E-state index contributed by atoms with van der Waals surface area (Å²) in [6, 6.07) is 16.6. The van der Waals surface area contributed by atoms with Gasteiger partial charge >= 0.3 is 0 Å². The fourth-order valence-electron chi connectivity index (χ4n) is 3.94. The zero-order valence-electron chi connectivity index (χ0n) is 18.0. The van der Waals surface area contributed by atoms with E-state index in [2.05, 4.69) is 67.2 Å². The van der Waals surface area contributed by atoms with E-state index in [4.69, 9.17) is 4.42 Å². The number of nitrogens with zero attached hydrogens (tertiary/aromatic N) is 1. The van der Waals surface area contributed by atoms with Crippen LogP contribution in [0, 0.1) is 5.92 Å². The number of hydrogen-bond donors (Lipinski definition) is 2. The maximum absolute atomic E-state index is 12.5. The van der Waals surface area contributed by atoms with Gasteiger partial charge in [0.15, 0.2) is 0 Å². The van der Waals surface area contributed by atoms with Gasteiger partial charge in [0.1, 0.15) is 16.9 Å². The van der Waals surface area contributed by atoms with Crippen LogP contribution in [0.4, 0.5) is 0 Å². The van der Waals surface area contributed by atoms with Crippen LogP contribution in [0.3, 0.4) is 0 Å². The molecule has 4 rings (SSSR count). The molecule has 156 valence electrons. The number of nitrogens with one attached hydrogen (secondary N) is 2. The summed E-state index contributed by atoms with van der Waals surface area (Å²) in [4.78, 5) is 20.1. The van der Waals surface area contributed by atoms with Gasteiger partial charge in [-0.25, -0.2) is 4.98 Å². The van der Waals surface area contributed by atoms with Crippen molar-refractivity contribution < 1.29 is 4.42 Å². The number of aromatic nitrogens is 2. The predicted octanol–water partition coefficient (Wildman–Crippen LogP) is 5.67. The largest absolute Gasteiger partial charge is 0.449 e. The summed E-state index contributed by atoms with van der Waals surface area (Å²) in [6.07, 6.45) is 1.13. The summed E-state index contributed by atoms with van der Waals surface area (Å²) >= 11 is 0. The lowest BCUT2D eigenvalue weighted by atomic mass is 9.92. The Morgan fingerprint density at radius 1 is 1.03 bits per heavy atom. The van der Waals surface area contributed by atoms with Crippen LogP contribution in [0.25, 0.3) is 22.1 Å². The van der Waals surface area contributed by atoms with Crippen LogP contribution >= 0.6 is 0 Å². The highest BCUT2D eigenvalue weighted by Gasteiger charge is 2.18. The quantitative estimate of drug-likeness (QED) is 0.417. The second-order valence-electron chi connectivity index (χ2n) is 8.37. The van der Waals surface area contributed by atoms with Crippen LogP contribution in [0.5, 0.6) is 0 Å². The van der Waals surface area contributed by atoms with E-state index in [0.717, 1.165) is 11.8 Å².